The molecule has 0 bridgehead atoms. The Hall–Kier alpha value is -6.15. The molecule has 1 spiro atoms. The normalized spacial score (nSPS) is 15.7. The lowest BCUT2D eigenvalue weighted by Gasteiger charge is -2.29. The fourth-order valence-electron chi connectivity index (χ4n) is 7.00. The first-order valence-corrected chi connectivity index (χ1v) is 16.3. The molecule has 0 N–H and O–H groups in total. The molecule has 0 radical (unpaired) electrons. The van der Waals surface area contributed by atoms with Crippen LogP contribution in [0.2, 0.25) is 0 Å². The number of carbonyl (C=O) groups is 3. The average molecular weight is 667 g/mol. The van der Waals surface area contributed by atoms with Crippen molar-refractivity contribution in [3.8, 4) is 28.7 Å². The van der Waals surface area contributed by atoms with Crippen molar-refractivity contribution in [2.75, 3.05) is 14.2 Å². The minimum Gasteiger partial charge on any atom is -0.497 e. The number of methoxy groups -OCH3 is 2. The molecule has 0 heterocycles. The van der Waals surface area contributed by atoms with Crippen molar-refractivity contribution in [2.24, 2.45) is 0 Å². The van der Waals surface area contributed by atoms with E-state index in [0.29, 0.717) is 34.1 Å². The Morgan fingerprint density at radius 1 is 0.560 bits per heavy atom. The van der Waals surface area contributed by atoms with Crippen LogP contribution in [0.25, 0.3) is 6.08 Å². The first-order chi connectivity index (χ1) is 24.4. The monoisotopic (exact) mass is 666 g/mol. The van der Waals surface area contributed by atoms with Gasteiger partial charge in [0.2, 0.25) is 0 Å². The van der Waals surface area contributed by atoms with Crippen molar-refractivity contribution in [2.45, 2.75) is 31.1 Å². The Balaban J connectivity index is 1.10. The summed E-state index contributed by atoms with van der Waals surface area (Å²) in [6, 6.07) is 31.9. The molecule has 0 fully saturated rings. The zero-order valence-corrected chi connectivity index (χ0v) is 27.6. The quantitative estimate of drug-likeness (QED) is 0.0889. The molecule has 0 saturated heterocycles. The molecule has 2 aliphatic rings. The van der Waals surface area contributed by atoms with Crippen molar-refractivity contribution in [1.82, 2.24) is 0 Å². The summed E-state index contributed by atoms with van der Waals surface area (Å²) in [6.45, 7) is 0. The van der Waals surface area contributed by atoms with Crippen LogP contribution in [0.1, 0.15) is 61.4 Å². The van der Waals surface area contributed by atoms with E-state index in [0.717, 1.165) is 59.3 Å². The number of hydrogen-bond acceptors (Lipinski definition) is 8. The predicted molar refractivity (Wildman–Crippen MR) is 187 cm³/mol. The van der Waals surface area contributed by atoms with Gasteiger partial charge in [0, 0.05) is 22.6 Å². The van der Waals surface area contributed by atoms with Gasteiger partial charge >= 0.3 is 17.9 Å². The van der Waals surface area contributed by atoms with Gasteiger partial charge in [-0.15, -0.1) is 0 Å². The molecule has 1 atom stereocenters. The molecule has 50 heavy (non-hydrogen) atoms. The second-order valence-corrected chi connectivity index (χ2v) is 12.2. The van der Waals surface area contributed by atoms with Gasteiger partial charge in [-0.25, -0.2) is 14.4 Å². The lowest BCUT2D eigenvalue weighted by molar-refractivity contribution is -0.129. The minimum atomic E-state index is -0.532. The van der Waals surface area contributed by atoms with Gasteiger partial charge in [-0.2, -0.15) is 0 Å². The van der Waals surface area contributed by atoms with Crippen LogP contribution >= 0.6 is 0 Å². The Morgan fingerprint density at radius 3 is 1.58 bits per heavy atom. The molecular weight excluding hydrogens is 632 g/mol. The topological polar surface area (TPSA) is 97.4 Å². The molecule has 1 unspecified atom stereocenters. The van der Waals surface area contributed by atoms with Crippen molar-refractivity contribution in [3.63, 3.8) is 0 Å². The number of benzene rings is 5. The highest BCUT2D eigenvalue weighted by atomic mass is 16.5. The SMILES string of the molecule is COc1ccc(/C=C/C(=O)Oc2cccc3c2C2(CC3)CCc3cccc(OC(=O)c4ccc(OC(=O)c5ccc(OC)cc5)cc4)c32)cc1. The van der Waals surface area contributed by atoms with E-state index in [2.05, 4.69) is 12.1 Å². The van der Waals surface area contributed by atoms with Crippen LogP contribution in [0.15, 0.2) is 115 Å². The standard InChI is InChI=1S/C42H34O8/c1-46-32-16-9-27(10-17-32)11-22-37(43)49-35-7-3-5-28-23-25-42(38(28)35)26-24-29-6-4-8-36(39(29)42)50-41(45)31-14-20-34(21-15-31)48-40(44)30-12-18-33(47-2)19-13-30/h3-22H,23-26H2,1-2H3/b22-11+. The molecule has 7 rings (SSSR count). The first kappa shape index (κ1) is 32.4. The maximum absolute atomic E-state index is 13.5. The number of hydrogen-bond donors (Lipinski definition) is 0. The molecule has 2 aliphatic carbocycles. The van der Waals surface area contributed by atoms with Gasteiger partial charge < -0.3 is 23.7 Å². The Bertz CT molecular complexity index is 2090. The van der Waals surface area contributed by atoms with Crippen LogP contribution in [0.4, 0.5) is 0 Å². The minimum absolute atomic E-state index is 0.297. The number of ether oxygens (including phenoxy) is 5. The smallest absolute Gasteiger partial charge is 0.343 e. The summed E-state index contributed by atoms with van der Waals surface area (Å²) in [5.74, 6) is 1.12. The second-order valence-electron chi connectivity index (χ2n) is 12.2. The predicted octanol–water partition coefficient (Wildman–Crippen LogP) is 7.94. The summed E-state index contributed by atoms with van der Waals surface area (Å²) < 4.78 is 27.9. The molecule has 0 aliphatic heterocycles. The van der Waals surface area contributed by atoms with Gasteiger partial charge in [-0.05, 0) is 121 Å². The van der Waals surface area contributed by atoms with Crippen LogP contribution in [0.3, 0.4) is 0 Å². The first-order valence-electron chi connectivity index (χ1n) is 16.3. The highest BCUT2D eigenvalue weighted by molar-refractivity contribution is 5.93. The summed E-state index contributed by atoms with van der Waals surface area (Å²) in [4.78, 5) is 39.2. The molecule has 0 amide bonds. The molecule has 5 aromatic carbocycles. The maximum atomic E-state index is 13.5. The molecule has 5 aromatic rings. The van der Waals surface area contributed by atoms with Gasteiger partial charge in [0.1, 0.15) is 28.7 Å². The average Bonchev–Trinajstić information content (AvgIpc) is 3.73. The van der Waals surface area contributed by atoms with E-state index in [4.69, 9.17) is 23.7 Å². The van der Waals surface area contributed by atoms with Crippen LogP contribution in [0.5, 0.6) is 28.7 Å². The molecule has 250 valence electrons. The van der Waals surface area contributed by atoms with Crippen molar-refractivity contribution in [3.05, 3.63) is 154 Å². The lowest BCUT2D eigenvalue weighted by Crippen LogP contribution is -2.24. The third-order valence-corrected chi connectivity index (χ3v) is 9.39. The molecular formula is C42H34O8. The van der Waals surface area contributed by atoms with Crippen LogP contribution in [0, 0.1) is 0 Å². The number of rotatable bonds is 9. The van der Waals surface area contributed by atoms with Crippen LogP contribution in [-0.2, 0) is 23.1 Å². The maximum Gasteiger partial charge on any atom is 0.343 e. The van der Waals surface area contributed by atoms with E-state index >= 15 is 0 Å². The van der Waals surface area contributed by atoms with E-state index in [9.17, 15) is 14.4 Å². The number of carbonyl (C=O) groups excluding carboxylic acids is 3. The van der Waals surface area contributed by atoms with E-state index < -0.39 is 23.3 Å². The van der Waals surface area contributed by atoms with E-state index in [1.807, 2.05) is 48.5 Å². The van der Waals surface area contributed by atoms with Crippen molar-refractivity contribution >= 4 is 24.0 Å². The van der Waals surface area contributed by atoms with E-state index in [1.54, 1.807) is 68.8 Å². The molecule has 0 saturated carbocycles. The van der Waals surface area contributed by atoms with E-state index in [-0.39, 0.29) is 0 Å². The van der Waals surface area contributed by atoms with Crippen LogP contribution < -0.4 is 23.7 Å². The number of esters is 3. The van der Waals surface area contributed by atoms with Gasteiger partial charge in [0.25, 0.3) is 0 Å². The Morgan fingerprint density at radius 2 is 1.04 bits per heavy atom. The largest absolute Gasteiger partial charge is 0.497 e. The summed E-state index contributed by atoms with van der Waals surface area (Å²) in [6.07, 6.45) is 6.34. The zero-order chi connectivity index (χ0) is 34.7. The van der Waals surface area contributed by atoms with Crippen LogP contribution in [-0.4, -0.2) is 32.1 Å². The second kappa shape index (κ2) is 13.8. The Labute approximate surface area is 289 Å². The molecule has 8 heteroatoms. The third kappa shape index (κ3) is 6.35. The highest BCUT2D eigenvalue weighted by Gasteiger charge is 2.48. The summed E-state index contributed by atoms with van der Waals surface area (Å²) in [7, 11) is 3.16. The fourth-order valence-corrected chi connectivity index (χ4v) is 7.00. The number of fused-ring (bicyclic) bond motifs is 4. The summed E-state index contributed by atoms with van der Waals surface area (Å²) in [5.41, 5.74) is 5.19. The number of aryl methyl sites for hydroxylation is 2. The highest BCUT2D eigenvalue weighted by Crippen LogP contribution is 2.57. The third-order valence-electron chi connectivity index (χ3n) is 9.39. The van der Waals surface area contributed by atoms with Gasteiger partial charge in [0.15, 0.2) is 0 Å². The summed E-state index contributed by atoms with van der Waals surface area (Å²) >= 11 is 0. The van der Waals surface area contributed by atoms with E-state index in [1.165, 1.54) is 6.08 Å². The fraction of sp³-hybridized carbons (Fsp3) is 0.167. The van der Waals surface area contributed by atoms with Gasteiger partial charge in [-0.3, -0.25) is 0 Å². The molecule has 8 nitrogen and oxygen atoms in total. The summed E-state index contributed by atoms with van der Waals surface area (Å²) in [5, 5.41) is 0. The van der Waals surface area contributed by atoms with Crippen molar-refractivity contribution in [1.29, 1.82) is 0 Å². The zero-order valence-electron chi connectivity index (χ0n) is 27.6. The lowest BCUT2D eigenvalue weighted by atomic mass is 9.76. The van der Waals surface area contributed by atoms with Gasteiger partial charge in [0.05, 0.1) is 25.3 Å². The Kier molecular flexibility index (Phi) is 8.92. The van der Waals surface area contributed by atoms with Crippen molar-refractivity contribution < 1.29 is 38.1 Å². The molecule has 0 aromatic heterocycles. The van der Waals surface area contributed by atoms with Gasteiger partial charge in [-0.1, -0.05) is 36.4 Å².